The van der Waals surface area contributed by atoms with Gasteiger partial charge in [-0.2, -0.15) is 0 Å². The molecule has 0 bridgehead atoms. The van der Waals surface area contributed by atoms with Crippen LogP contribution in [0.25, 0.3) is 0 Å². The van der Waals surface area contributed by atoms with Crippen LogP contribution < -0.4 is 10.1 Å². The highest BCUT2D eigenvalue weighted by Gasteiger charge is 2.55. The predicted octanol–water partition coefficient (Wildman–Crippen LogP) is 2.45. The number of fused-ring (bicyclic) bond motifs is 1. The van der Waals surface area contributed by atoms with E-state index in [0.29, 0.717) is 23.1 Å². The number of carbonyl (C=O) groups excluding carboxylic acids is 1. The number of carbonyl (C=O) groups is 1. The maximum absolute atomic E-state index is 13.5. The van der Waals surface area contributed by atoms with Crippen molar-refractivity contribution in [2.45, 2.75) is 18.4 Å². The molecule has 2 aliphatic rings. The average molecular weight is 272 g/mol. The van der Waals surface area contributed by atoms with Crippen molar-refractivity contribution in [2.75, 3.05) is 5.32 Å². The number of hydrogen-bond acceptors (Lipinski definition) is 2. The molecule has 1 aromatic rings. The highest BCUT2D eigenvalue weighted by Crippen LogP contribution is 2.48. The summed E-state index contributed by atoms with van der Waals surface area (Å²) in [5.41, 5.74) is -0.582. The highest BCUT2D eigenvalue weighted by molar-refractivity contribution is 9.10. The van der Waals surface area contributed by atoms with Crippen LogP contribution >= 0.6 is 15.9 Å². The van der Waals surface area contributed by atoms with Crippen molar-refractivity contribution in [1.29, 1.82) is 0 Å². The molecule has 1 aromatic carbocycles. The van der Waals surface area contributed by atoms with Crippen molar-refractivity contribution in [3.8, 4) is 5.75 Å². The lowest BCUT2D eigenvalue weighted by Gasteiger charge is -2.26. The van der Waals surface area contributed by atoms with E-state index in [4.69, 9.17) is 4.74 Å². The fourth-order valence-corrected chi connectivity index (χ4v) is 2.09. The maximum atomic E-state index is 13.5. The van der Waals surface area contributed by atoms with Crippen LogP contribution in [0.1, 0.15) is 12.8 Å². The standard InChI is InChI=1S/C10H7BrFNO2/c11-5-3-6(12)8-7(4-5)15-10(1-2-10)9(14)13-8/h3-4H,1-2H2,(H,13,14). The molecule has 3 nitrogen and oxygen atoms in total. The van der Waals surface area contributed by atoms with Crippen molar-refractivity contribution < 1.29 is 13.9 Å². The lowest BCUT2D eigenvalue weighted by Crippen LogP contribution is -2.39. The molecule has 3 rings (SSSR count). The van der Waals surface area contributed by atoms with Gasteiger partial charge in [0.1, 0.15) is 11.4 Å². The third-order valence-electron chi connectivity index (χ3n) is 2.68. The van der Waals surface area contributed by atoms with E-state index >= 15 is 0 Å². The van der Waals surface area contributed by atoms with Crippen LogP contribution in [-0.2, 0) is 4.79 Å². The van der Waals surface area contributed by atoms with Crippen LogP contribution in [-0.4, -0.2) is 11.5 Å². The summed E-state index contributed by atoms with van der Waals surface area (Å²) in [5, 5.41) is 2.55. The summed E-state index contributed by atoms with van der Waals surface area (Å²) in [6, 6.07) is 2.96. The predicted molar refractivity (Wildman–Crippen MR) is 55.3 cm³/mol. The molecule has 1 aliphatic heterocycles. The minimum atomic E-state index is -0.722. The van der Waals surface area contributed by atoms with E-state index in [1.165, 1.54) is 6.07 Å². The van der Waals surface area contributed by atoms with Gasteiger partial charge in [-0.05, 0) is 12.1 Å². The Kier molecular flexibility index (Phi) is 1.66. The van der Waals surface area contributed by atoms with Crippen LogP contribution in [0.15, 0.2) is 16.6 Å². The lowest BCUT2D eigenvalue weighted by molar-refractivity contribution is -0.125. The lowest BCUT2D eigenvalue weighted by atomic mass is 10.2. The SMILES string of the molecule is O=C1Nc2c(F)cc(Br)cc2OC12CC2. The first-order valence-electron chi connectivity index (χ1n) is 4.60. The average Bonchev–Trinajstić information content (AvgIpc) is 2.90. The van der Waals surface area contributed by atoms with Gasteiger partial charge in [0.15, 0.2) is 11.4 Å². The highest BCUT2D eigenvalue weighted by atomic mass is 79.9. The molecule has 0 saturated heterocycles. The number of rotatable bonds is 0. The Balaban J connectivity index is 2.12. The first-order valence-corrected chi connectivity index (χ1v) is 5.40. The number of hydrogen-bond donors (Lipinski definition) is 1. The first-order chi connectivity index (χ1) is 7.11. The second-order valence-corrected chi connectivity index (χ2v) is 4.73. The number of ether oxygens (including phenoxy) is 1. The minimum absolute atomic E-state index is 0.140. The second kappa shape index (κ2) is 2.72. The van der Waals surface area contributed by atoms with E-state index in [9.17, 15) is 9.18 Å². The summed E-state index contributed by atoms with van der Waals surface area (Å²) in [4.78, 5) is 11.6. The summed E-state index contributed by atoms with van der Waals surface area (Å²) < 4.78 is 19.6. The molecule has 5 heteroatoms. The first kappa shape index (κ1) is 9.15. The molecule has 0 aromatic heterocycles. The molecule has 0 atom stereocenters. The quantitative estimate of drug-likeness (QED) is 0.787. The Morgan fingerprint density at radius 2 is 2.20 bits per heavy atom. The van der Waals surface area contributed by atoms with Gasteiger partial charge in [-0.1, -0.05) is 15.9 Å². The van der Waals surface area contributed by atoms with E-state index in [-0.39, 0.29) is 11.6 Å². The van der Waals surface area contributed by atoms with Crippen LogP contribution in [0.5, 0.6) is 5.75 Å². The molecule has 1 spiro atoms. The van der Waals surface area contributed by atoms with Gasteiger partial charge in [0.25, 0.3) is 5.91 Å². The number of anilines is 1. The van der Waals surface area contributed by atoms with Crippen molar-refractivity contribution in [3.63, 3.8) is 0 Å². The Morgan fingerprint density at radius 1 is 1.47 bits per heavy atom. The van der Waals surface area contributed by atoms with Crippen molar-refractivity contribution in [1.82, 2.24) is 0 Å². The normalized spacial score (nSPS) is 20.5. The number of nitrogens with one attached hydrogen (secondary N) is 1. The van der Waals surface area contributed by atoms with Gasteiger partial charge in [0.05, 0.1) is 0 Å². The Bertz CT molecular complexity index is 471. The Morgan fingerprint density at radius 3 is 2.87 bits per heavy atom. The molecule has 1 N–H and O–H groups in total. The summed E-state index contributed by atoms with van der Waals surface area (Å²) in [6.07, 6.45) is 1.40. The van der Waals surface area contributed by atoms with E-state index in [0.717, 1.165) is 0 Å². The smallest absolute Gasteiger partial charge is 0.268 e. The fraction of sp³-hybridized carbons (Fsp3) is 0.300. The molecule has 1 amide bonds. The van der Waals surface area contributed by atoms with E-state index in [1.54, 1.807) is 6.07 Å². The number of benzene rings is 1. The summed E-state index contributed by atoms with van der Waals surface area (Å²) in [6.45, 7) is 0. The summed E-state index contributed by atoms with van der Waals surface area (Å²) >= 11 is 3.18. The van der Waals surface area contributed by atoms with Gasteiger partial charge in [-0.15, -0.1) is 0 Å². The molecule has 78 valence electrons. The fourth-order valence-electron chi connectivity index (χ4n) is 1.68. The number of halogens is 2. The van der Waals surface area contributed by atoms with Crippen LogP contribution in [0.2, 0.25) is 0 Å². The monoisotopic (exact) mass is 271 g/mol. The molecule has 1 fully saturated rings. The molecule has 1 heterocycles. The molecule has 0 unspecified atom stereocenters. The van der Waals surface area contributed by atoms with Gasteiger partial charge in [-0.3, -0.25) is 4.79 Å². The zero-order valence-electron chi connectivity index (χ0n) is 7.64. The molecule has 1 aliphatic carbocycles. The zero-order valence-corrected chi connectivity index (χ0v) is 9.23. The van der Waals surface area contributed by atoms with Gasteiger partial charge < -0.3 is 10.1 Å². The Hall–Kier alpha value is -1.10. The zero-order chi connectivity index (χ0) is 10.6. The molecule has 1 saturated carbocycles. The number of amides is 1. The Labute approximate surface area is 93.7 Å². The summed E-state index contributed by atoms with van der Waals surface area (Å²) in [5.74, 6) is -0.321. The van der Waals surface area contributed by atoms with Crippen LogP contribution in [0, 0.1) is 5.82 Å². The molecule has 0 radical (unpaired) electrons. The van der Waals surface area contributed by atoms with Crippen LogP contribution in [0.3, 0.4) is 0 Å². The van der Waals surface area contributed by atoms with Crippen LogP contribution in [0.4, 0.5) is 10.1 Å². The maximum Gasteiger partial charge on any atom is 0.268 e. The largest absolute Gasteiger partial charge is 0.475 e. The van der Waals surface area contributed by atoms with E-state index in [1.807, 2.05) is 0 Å². The molecule has 15 heavy (non-hydrogen) atoms. The minimum Gasteiger partial charge on any atom is -0.475 e. The van der Waals surface area contributed by atoms with E-state index in [2.05, 4.69) is 21.2 Å². The third-order valence-corrected chi connectivity index (χ3v) is 3.14. The van der Waals surface area contributed by atoms with Gasteiger partial charge in [0.2, 0.25) is 0 Å². The topological polar surface area (TPSA) is 38.3 Å². The van der Waals surface area contributed by atoms with Crippen molar-refractivity contribution >= 4 is 27.5 Å². The van der Waals surface area contributed by atoms with Crippen molar-refractivity contribution in [3.05, 3.63) is 22.4 Å². The van der Waals surface area contributed by atoms with Crippen molar-refractivity contribution in [2.24, 2.45) is 0 Å². The third kappa shape index (κ3) is 1.26. The summed E-state index contributed by atoms with van der Waals surface area (Å²) in [7, 11) is 0. The van der Waals surface area contributed by atoms with Gasteiger partial charge in [0, 0.05) is 17.3 Å². The molecular formula is C10H7BrFNO2. The van der Waals surface area contributed by atoms with E-state index < -0.39 is 11.4 Å². The second-order valence-electron chi connectivity index (χ2n) is 3.81. The van der Waals surface area contributed by atoms with Gasteiger partial charge in [-0.25, -0.2) is 4.39 Å². The molecular weight excluding hydrogens is 265 g/mol. The van der Waals surface area contributed by atoms with Gasteiger partial charge >= 0.3 is 0 Å².